The van der Waals surface area contributed by atoms with Crippen LogP contribution in [-0.4, -0.2) is 39.6 Å². The number of primary amides is 1. The van der Waals surface area contributed by atoms with Gasteiger partial charge >= 0.3 is 0 Å². The van der Waals surface area contributed by atoms with Gasteiger partial charge in [-0.1, -0.05) is 12.1 Å². The molecular weight excluding hydrogens is 292 g/mol. The average molecular weight is 312 g/mol. The highest BCUT2D eigenvalue weighted by Gasteiger charge is 2.27. The Morgan fingerprint density at radius 1 is 1.26 bits per heavy atom. The highest BCUT2D eigenvalue weighted by atomic mass is 16.2. The number of hydrogen-bond acceptors (Lipinski definition) is 3. The molecule has 0 spiro atoms. The molecule has 6 heteroatoms. The topological polar surface area (TPSA) is 81.2 Å². The standard InChI is InChI=1S/C17H20N4O2/c18-16(22)15-3-1-9-20(12-15)17(23)14-6-4-13(5-7-14)11-21-10-2-8-19-21/h2,4-8,10,15H,1,3,9,11-12H2,(H2,18,22). The molecule has 1 aromatic heterocycles. The van der Waals surface area contributed by atoms with Crippen LogP contribution in [0.4, 0.5) is 0 Å². The van der Waals surface area contributed by atoms with Gasteiger partial charge < -0.3 is 10.6 Å². The Hall–Kier alpha value is -2.63. The summed E-state index contributed by atoms with van der Waals surface area (Å²) < 4.78 is 1.83. The van der Waals surface area contributed by atoms with Crippen molar-refractivity contribution in [2.24, 2.45) is 11.7 Å². The van der Waals surface area contributed by atoms with Crippen molar-refractivity contribution in [2.45, 2.75) is 19.4 Å². The molecule has 2 amide bonds. The van der Waals surface area contributed by atoms with Gasteiger partial charge in [0, 0.05) is 31.0 Å². The van der Waals surface area contributed by atoms with Gasteiger partial charge in [0.25, 0.3) is 5.91 Å². The molecule has 1 fully saturated rings. The van der Waals surface area contributed by atoms with Gasteiger partial charge in [-0.2, -0.15) is 5.10 Å². The Kier molecular flexibility index (Phi) is 4.41. The summed E-state index contributed by atoms with van der Waals surface area (Å²) in [7, 11) is 0. The Labute approximate surface area is 134 Å². The molecule has 1 aliphatic heterocycles. The third kappa shape index (κ3) is 3.59. The number of rotatable bonds is 4. The van der Waals surface area contributed by atoms with Crippen molar-refractivity contribution >= 4 is 11.8 Å². The number of likely N-dealkylation sites (tertiary alicyclic amines) is 1. The average Bonchev–Trinajstić information content (AvgIpc) is 3.08. The summed E-state index contributed by atoms with van der Waals surface area (Å²) in [6.45, 7) is 1.77. The zero-order valence-electron chi connectivity index (χ0n) is 12.9. The molecule has 0 saturated carbocycles. The van der Waals surface area contributed by atoms with E-state index in [1.165, 1.54) is 0 Å². The fourth-order valence-electron chi connectivity index (χ4n) is 2.91. The lowest BCUT2D eigenvalue weighted by molar-refractivity contribution is -0.123. The van der Waals surface area contributed by atoms with Crippen LogP contribution < -0.4 is 5.73 Å². The molecule has 3 rings (SSSR count). The van der Waals surface area contributed by atoms with Crippen LogP contribution in [0.1, 0.15) is 28.8 Å². The lowest BCUT2D eigenvalue weighted by Crippen LogP contribution is -2.44. The number of carbonyl (C=O) groups excluding carboxylic acids is 2. The Morgan fingerprint density at radius 3 is 2.70 bits per heavy atom. The molecule has 2 heterocycles. The molecule has 2 aromatic rings. The second kappa shape index (κ2) is 6.64. The minimum atomic E-state index is -0.322. The van der Waals surface area contributed by atoms with E-state index in [4.69, 9.17) is 5.73 Å². The molecule has 1 aliphatic rings. The lowest BCUT2D eigenvalue weighted by atomic mass is 9.97. The van der Waals surface area contributed by atoms with E-state index in [1.54, 1.807) is 11.1 Å². The van der Waals surface area contributed by atoms with Crippen LogP contribution in [0, 0.1) is 5.92 Å². The van der Waals surface area contributed by atoms with E-state index < -0.39 is 0 Å². The van der Waals surface area contributed by atoms with E-state index in [-0.39, 0.29) is 17.7 Å². The van der Waals surface area contributed by atoms with Crippen molar-refractivity contribution in [1.29, 1.82) is 0 Å². The summed E-state index contributed by atoms with van der Waals surface area (Å²) in [5.74, 6) is -0.592. The summed E-state index contributed by atoms with van der Waals surface area (Å²) >= 11 is 0. The van der Waals surface area contributed by atoms with Crippen molar-refractivity contribution in [3.8, 4) is 0 Å². The van der Waals surface area contributed by atoms with Crippen molar-refractivity contribution in [3.63, 3.8) is 0 Å². The highest BCUT2D eigenvalue weighted by Crippen LogP contribution is 2.18. The predicted octanol–water partition coefficient (Wildman–Crippen LogP) is 1.27. The molecule has 1 unspecified atom stereocenters. The van der Waals surface area contributed by atoms with Crippen LogP contribution >= 0.6 is 0 Å². The molecule has 1 saturated heterocycles. The van der Waals surface area contributed by atoms with Gasteiger partial charge in [0.05, 0.1) is 12.5 Å². The van der Waals surface area contributed by atoms with Crippen LogP contribution in [0.3, 0.4) is 0 Å². The first-order chi connectivity index (χ1) is 11.1. The molecule has 0 radical (unpaired) electrons. The summed E-state index contributed by atoms with van der Waals surface area (Å²) in [6, 6.07) is 9.41. The van der Waals surface area contributed by atoms with Crippen LogP contribution in [0.15, 0.2) is 42.7 Å². The predicted molar refractivity (Wildman–Crippen MR) is 85.6 cm³/mol. The minimum absolute atomic E-state index is 0.0402. The Balaban J connectivity index is 1.66. The molecule has 120 valence electrons. The molecule has 23 heavy (non-hydrogen) atoms. The van der Waals surface area contributed by atoms with Gasteiger partial charge in [0.2, 0.25) is 5.91 Å². The first-order valence-electron chi connectivity index (χ1n) is 7.78. The maximum absolute atomic E-state index is 12.6. The highest BCUT2D eigenvalue weighted by molar-refractivity contribution is 5.94. The fraction of sp³-hybridized carbons (Fsp3) is 0.353. The molecule has 0 aliphatic carbocycles. The summed E-state index contributed by atoms with van der Waals surface area (Å²) in [6.07, 6.45) is 5.22. The number of nitrogens with two attached hydrogens (primary N) is 1. The van der Waals surface area contributed by atoms with Gasteiger partial charge in [0.1, 0.15) is 0 Å². The van der Waals surface area contributed by atoms with E-state index >= 15 is 0 Å². The van der Waals surface area contributed by atoms with Gasteiger partial charge in [-0.3, -0.25) is 14.3 Å². The van der Waals surface area contributed by atoms with Crippen molar-refractivity contribution in [1.82, 2.24) is 14.7 Å². The lowest BCUT2D eigenvalue weighted by Gasteiger charge is -2.31. The largest absolute Gasteiger partial charge is 0.369 e. The third-order valence-electron chi connectivity index (χ3n) is 4.22. The quantitative estimate of drug-likeness (QED) is 0.923. The number of nitrogens with zero attached hydrogens (tertiary/aromatic N) is 3. The Bertz CT molecular complexity index is 679. The number of amides is 2. The first-order valence-corrected chi connectivity index (χ1v) is 7.78. The van der Waals surface area contributed by atoms with Crippen LogP contribution in [0.5, 0.6) is 0 Å². The molecular formula is C17H20N4O2. The molecule has 1 aromatic carbocycles. The minimum Gasteiger partial charge on any atom is -0.369 e. The smallest absolute Gasteiger partial charge is 0.253 e. The zero-order valence-corrected chi connectivity index (χ0v) is 12.9. The Morgan fingerprint density at radius 2 is 2.04 bits per heavy atom. The first kappa shape index (κ1) is 15.3. The summed E-state index contributed by atoms with van der Waals surface area (Å²) in [4.78, 5) is 25.6. The fourth-order valence-corrected chi connectivity index (χ4v) is 2.91. The maximum Gasteiger partial charge on any atom is 0.253 e. The van der Waals surface area contributed by atoms with Gasteiger partial charge in [-0.15, -0.1) is 0 Å². The molecule has 1 atom stereocenters. The monoisotopic (exact) mass is 312 g/mol. The van der Waals surface area contributed by atoms with E-state index in [9.17, 15) is 9.59 Å². The van der Waals surface area contributed by atoms with E-state index in [1.807, 2.05) is 41.2 Å². The van der Waals surface area contributed by atoms with Gasteiger partial charge in [-0.05, 0) is 36.6 Å². The third-order valence-corrected chi connectivity index (χ3v) is 4.22. The normalized spacial score (nSPS) is 17.9. The molecule has 2 N–H and O–H groups in total. The number of hydrogen-bond donors (Lipinski definition) is 1. The summed E-state index contributed by atoms with van der Waals surface area (Å²) in [5, 5.41) is 4.17. The summed E-state index contributed by atoms with van der Waals surface area (Å²) in [5.41, 5.74) is 7.09. The van der Waals surface area contributed by atoms with Crippen LogP contribution in [0.25, 0.3) is 0 Å². The van der Waals surface area contributed by atoms with Crippen molar-refractivity contribution in [3.05, 3.63) is 53.9 Å². The second-order valence-corrected chi connectivity index (χ2v) is 5.89. The van der Waals surface area contributed by atoms with Crippen molar-refractivity contribution < 1.29 is 9.59 Å². The maximum atomic E-state index is 12.6. The van der Waals surface area contributed by atoms with Crippen LogP contribution in [0.2, 0.25) is 0 Å². The number of carbonyl (C=O) groups is 2. The van der Waals surface area contributed by atoms with Crippen LogP contribution in [-0.2, 0) is 11.3 Å². The van der Waals surface area contributed by atoms with Gasteiger partial charge in [-0.25, -0.2) is 0 Å². The van der Waals surface area contributed by atoms with E-state index in [0.29, 0.717) is 25.2 Å². The van der Waals surface area contributed by atoms with E-state index in [2.05, 4.69) is 5.10 Å². The molecule has 0 bridgehead atoms. The van der Waals surface area contributed by atoms with Crippen molar-refractivity contribution in [2.75, 3.05) is 13.1 Å². The number of piperidine rings is 1. The number of aromatic nitrogens is 2. The zero-order chi connectivity index (χ0) is 16.2. The second-order valence-electron chi connectivity index (χ2n) is 5.89. The van der Waals surface area contributed by atoms with Gasteiger partial charge in [0.15, 0.2) is 0 Å². The van der Waals surface area contributed by atoms with E-state index in [0.717, 1.165) is 18.4 Å². The number of benzene rings is 1. The SMILES string of the molecule is NC(=O)C1CCCN(C(=O)c2ccc(Cn3cccn3)cc2)C1. The molecule has 6 nitrogen and oxygen atoms in total.